The van der Waals surface area contributed by atoms with Gasteiger partial charge in [-0.1, -0.05) is 54.6 Å². The summed E-state index contributed by atoms with van der Waals surface area (Å²) in [5.74, 6) is 1.35. The van der Waals surface area contributed by atoms with E-state index in [1.54, 1.807) is 42.2 Å². The third-order valence-electron chi connectivity index (χ3n) is 8.27. The molecule has 5 rings (SSSR count). The fourth-order valence-electron chi connectivity index (χ4n) is 5.41. The van der Waals surface area contributed by atoms with Crippen molar-refractivity contribution >= 4 is 23.6 Å². The van der Waals surface area contributed by atoms with Crippen LogP contribution in [0.25, 0.3) is 0 Å². The summed E-state index contributed by atoms with van der Waals surface area (Å²) < 4.78 is 22.4. The van der Waals surface area contributed by atoms with Crippen molar-refractivity contribution in [2.75, 3.05) is 52.2 Å². The van der Waals surface area contributed by atoms with E-state index < -0.39 is 12.2 Å². The van der Waals surface area contributed by atoms with Gasteiger partial charge in [-0.3, -0.25) is 9.80 Å². The molecule has 0 radical (unpaired) electrons. The average molecular weight is 704 g/mol. The van der Waals surface area contributed by atoms with E-state index in [1.165, 1.54) is 0 Å². The number of pyridine rings is 1. The van der Waals surface area contributed by atoms with Crippen LogP contribution in [0.3, 0.4) is 0 Å². The van der Waals surface area contributed by atoms with Crippen LogP contribution in [0.5, 0.6) is 23.3 Å². The van der Waals surface area contributed by atoms with Gasteiger partial charge in [-0.15, -0.1) is 0 Å². The second-order valence-corrected chi connectivity index (χ2v) is 12.6. The maximum atomic E-state index is 13.7. The third-order valence-corrected chi connectivity index (χ3v) is 8.27. The van der Waals surface area contributed by atoms with E-state index in [-0.39, 0.29) is 37.9 Å². The summed E-state index contributed by atoms with van der Waals surface area (Å²) in [6, 6.07) is 35.7. The molecule has 0 N–H and O–H groups in total. The number of carbonyl (C=O) groups is 2. The van der Waals surface area contributed by atoms with Crippen molar-refractivity contribution in [3.8, 4) is 23.3 Å². The van der Waals surface area contributed by atoms with E-state index in [0.717, 1.165) is 33.6 Å². The number of rotatable bonds is 14. The number of carbonyl (C=O) groups excluding carboxylic acids is 2. The SMILES string of the molecule is COc1cccc(CN(Cc2ccc(N(C)C)cc2)C(=O)Oc2cccc(OC(=O)N(Cc3ccc(N(C)C)cc3)Cc3cccc(OC)c3)n2)c1. The minimum atomic E-state index is -0.615. The number of amides is 2. The minimum absolute atomic E-state index is 0.00693. The van der Waals surface area contributed by atoms with Gasteiger partial charge in [-0.25, -0.2) is 9.59 Å². The Morgan fingerprint density at radius 3 is 1.23 bits per heavy atom. The zero-order valence-electron chi connectivity index (χ0n) is 30.5. The number of aromatic nitrogens is 1. The van der Waals surface area contributed by atoms with E-state index in [9.17, 15) is 9.59 Å². The molecule has 4 aromatic carbocycles. The molecule has 0 bridgehead atoms. The molecule has 1 aromatic heterocycles. The van der Waals surface area contributed by atoms with Crippen LogP contribution in [0.4, 0.5) is 21.0 Å². The minimum Gasteiger partial charge on any atom is -0.497 e. The highest BCUT2D eigenvalue weighted by molar-refractivity contribution is 5.72. The van der Waals surface area contributed by atoms with Crippen molar-refractivity contribution in [2.45, 2.75) is 26.2 Å². The van der Waals surface area contributed by atoms with Gasteiger partial charge in [0.05, 0.1) is 14.2 Å². The maximum absolute atomic E-state index is 13.7. The number of anilines is 2. The number of hydrogen-bond acceptors (Lipinski definition) is 9. The summed E-state index contributed by atoms with van der Waals surface area (Å²) in [5.41, 5.74) is 5.67. The zero-order valence-corrected chi connectivity index (χ0v) is 30.5. The van der Waals surface area contributed by atoms with Crippen LogP contribution in [0.15, 0.2) is 115 Å². The van der Waals surface area contributed by atoms with Crippen LogP contribution in [0.2, 0.25) is 0 Å². The first-order chi connectivity index (χ1) is 25.1. The Morgan fingerprint density at radius 1 is 0.500 bits per heavy atom. The van der Waals surface area contributed by atoms with E-state index in [0.29, 0.717) is 11.5 Å². The van der Waals surface area contributed by atoms with E-state index in [4.69, 9.17) is 18.9 Å². The third kappa shape index (κ3) is 10.4. The number of benzene rings is 4. The monoisotopic (exact) mass is 703 g/mol. The fourth-order valence-corrected chi connectivity index (χ4v) is 5.41. The average Bonchev–Trinajstić information content (AvgIpc) is 3.15. The summed E-state index contributed by atoms with van der Waals surface area (Å²) in [4.78, 5) is 39.0. The van der Waals surface area contributed by atoms with Crippen molar-refractivity contribution in [2.24, 2.45) is 0 Å². The molecule has 5 aromatic rings. The van der Waals surface area contributed by atoms with Crippen molar-refractivity contribution < 1.29 is 28.5 Å². The molecular weight excluding hydrogens is 658 g/mol. The molecule has 0 saturated carbocycles. The highest BCUT2D eigenvalue weighted by Crippen LogP contribution is 2.23. The van der Waals surface area contributed by atoms with Crippen molar-refractivity contribution in [1.29, 1.82) is 0 Å². The summed E-state index contributed by atoms with van der Waals surface area (Å²) in [5, 5.41) is 0. The largest absolute Gasteiger partial charge is 0.497 e. The molecule has 0 aliphatic carbocycles. The van der Waals surface area contributed by atoms with Crippen LogP contribution >= 0.6 is 0 Å². The van der Waals surface area contributed by atoms with Gasteiger partial charge in [0.25, 0.3) is 0 Å². The van der Waals surface area contributed by atoms with Gasteiger partial charge in [0, 0.05) is 77.9 Å². The molecule has 2 amide bonds. The first-order valence-electron chi connectivity index (χ1n) is 16.8. The van der Waals surface area contributed by atoms with E-state index in [2.05, 4.69) is 4.98 Å². The highest BCUT2D eigenvalue weighted by Gasteiger charge is 2.21. The Kier molecular flexibility index (Phi) is 12.5. The highest BCUT2D eigenvalue weighted by atomic mass is 16.6. The van der Waals surface area contributed by atoms with Crippen LogP contribution < -0.4 is 28.7 Å². The van der Waals surface area contributed by atoms with E-state index >= 15 is 0 Å². The van der Waals surface area contributed by atoms with Crippen molar-refractivity contribution in [3.05, 3.63) is 138 Å². The molecule has 11 heteroatoms. The van der Waals surface area contributed by atoms with Gasteiger partial charge in [0.2, 0.25) is 11.8 Å². The van der Waals surface area contributed by atoms with Crippen LogP contribution in [0, 0.1) is 0 Å². The van der Waals surface area contributed by atoms with Gasteiger partial charge in [0.1, 0.15) is 11.5 Å². The summed E-state index contributed by atoms with van der Waals surface area (Å²) in [7, 11) is 11.1. The molecule has 0 aliphatic rings. The maximum Gasteiger partial charge on any atom is 0.417 e. The molecule has 0 aliphatic heterocycles. The van der Waals surface area contributed by atoms with Crippen LogP contribution in [-0.2, 0) is 26.2 Å². The zero-order chi connectivity index (χ0) is 37.0. The Bertz CT molecular complexity index is 1800. The standard InChI is InChI=1S/C41H45N5O6/c1-43(2)34-20-16-30(17-21-34)26-45(28-32-10-7-12-36(24-32)49-5)40(47)51-38-14-9-15-39(42-38)52-41(48)46(29-33-11-8-13-37(25-33)50-6)27-31-18-22-35(23-19-31)44(3)4/h7-25H,26-29H2,1-6H3. The van der Waals surface area contributed by atoms with Crippen molar-refractivity contribution in [3.63, 3.8) is 0 Å². The summed E-state index contributed by atoms with van der Waals surface area (Å²) >= 11 is 0. The fraction of sp³-hybridized carbons (Fsp3) is 0.244. The summed E-state index contributed by atoms with van der Waals surface area (Å²) in [6.45, 7) is 1.09. The quantitative estimate of drug-likeness (QED) is 0.116. The normalized spacial score (nSPS) is 10.6. The summed E-state index contributed by atoms with van der Waals surface area (Å²) in [6.07, 6.45) is -1.23. The van der Waals surface area contributed by atoms with Gasteiger partial charge in [0.15, 0.2) is 0 Å². The lowest BCUT2D eigenvalue weighted by Gasteiger charge is -2.23. The molecule has 1 heterocycles. The second-order valence-electron chi connectivity index (χ2n) is 12.6. The first kappa shape index (κ1) is 37.0. The predicted octanol–water partition coefficient (Wildman–Crippen LogP) is 7.63. The molecule has 0 saturated heterocycles. The number of ether oxygens (including phenoxy) is 4. The predicted molar refractivity (Wildman–Crippen MR) is 202 cm³/mol. The van der Waals surface area contributed by atoms with Gasteiger partial charge in [-0.2, -0.15) is 4.98 Å². The Hall–Kier alpha value is -6.23. The lowest BCUT2D eigenvalue weighted by Crippen LogP contribution is -2.33. The van der Waals surface area contributed by atoms with Gasteiger partial charge in [-0.05, 0) is 70.8 Å². The molecule has 52 heavy (non-hydrogen) atoms. The smallest absolute Gasteiger partial charge is 0.417 e. The van der Waals surface area contributed by atoms with Crippen LogP contribution in [-0.4, -0.2) is 69.4 Å². The second kappa shape index (κ2) is 17.6. The van der Waals surface area contributed by atoms with Crippen molar-refractivity contribution in [1.82, 2.24) is 14.8 Å². The Morgan fingerprint density at radius 2 is 0.865 bits per heavy atom. The van der Waals surface area contributed by atoms with E-state index in [1.807, 2.05) is 135 Å². The first-order valence-corrected chi connectivity index (χ1v) is 16.8. The Labute approximate surface area is 305 Å². The lowest BCUT2D eigenvalue weighted by atomic mass is 10.1. The number of hydrogen-bond donors (Lipinski definition) is 0. The molecule has 0 atom stereocenters. The number of methoxy groups -OCH3 is 2. The molecular formula is C41H45N5O6. The Balaban J connectivity index is 1.33. The van der Waals surface area contributed by atoms with Crippen LogP contribution in [0.1, 0.15) is 22.3 Å². The van der Waals surface area contributed by atoms with Gasteiger partial charge < -0.3 is 28.7 Å². The topological polar surface area (TPSA) is 96.9 Å². The van der Waals surface area contributed by atoms with Gasteiger partial charge >= 0.3 is 12.2 Å². The molecule has 0 spiro atoms. The molecule has 11 nitrogen and oxygen atoms in total. The molecule has 270 valence electrons. The number of nitrogens with zero attached hydrogens (tertiary/aromatic N) is 5. The molecule has 0 unspecified atom stereocenters. The molecule has 0 fully saturated rings. The lowest BCUT2D eigenvalue weighted by molar-refractivity contribution is 0.140.